The largest absolute Gasteiger partial charge is 0.494 e. The number of fused-ring (bicyclic) bond motifs is 2. The number of hydrogen-bond acceptors (Lipinski definition) is 3. The smallest absolute Gasteiger partial charge is 0.122 e. The molecule has 1 aliphatic heterocycles. The van der Waals surface area contributed by atoms with Crippen molar-refractivity contribution >= 4 is 0 Å². The zero-order valence-corrected chi connectivity index (χ0v) is 15.9. The van der Waals surface area contributed by atoms with Crippen LogP contribution in [-0.2, 0) is 17.6 Å². The molecule has 1 N–H and O–H groups in total. The molecule has 0 saturated carbocycles. The Morgan fingerprint density at radius 2 is 2.08 bits per heavy atom. The molecule has 0 radical (unpaired) electrons. The number of aliphatic hydroxyl groups is 1. The van der Waals surface area contributed by atoms with Crippen LogP contribution in [0.4, 0.5) is 0 Å². The lowest BCUT2D eigenvalue weighted by Crippen LogP contribution is -2.29. The molecule has 4 unspecified atom stereocenters. The first-order valence-electron chi connectivity index (χ1n) is 10.3. The van der Waals surface area contributed by atoms with Crippen LogP contribution in [0.5, 0.6) is 5.75 Å². The van der Waals surface area contributed by atoms with E-state index in [1.54, 1.807) is 0 Å². The quantitative estimate of drug-likeness (QED) is 0.667. The number of ether oxygens (including phenoxy) is 2. The van der Waals surface area contributed by atoms with Gasteiger partial charge in [0, 0.05) is 0 Å². The summed E-state index contributed by atoms with van der Waals surface area (Å²) in [5.74, 6) is 2.27. The van der Waals surface area contributed by atoms with E-state index in [2.05, 4.69) is 25.1 Å². The molecule has 1 saturated heterocycles. The van der Waals surface area contributed by atoms with Gasteiger partial charge < -0.3 is 14.6 Å². The van der Waals surface area contributed by atoms with Crippen molar-refractivity contribution in [3.05, 3.63) is 29.3 Å². The second-order valence-corrected chi connectivity index (χ2v) is 7.76. The van der Waals surface area contributed by atoms with Gasteiger partial charge in [0.2, 0.25) is 0 Å². The summed E-state index contributed by atoms with van der Waals surface area (Å²) in [7, 11) is 0. The minimum Gasteiger partial charge on any atom is -0.494 e. The summed E-state index contributed by atoms with van der Waals surface area (Å²) in [6.45, 7) is 5.84. The second-order valence-electron chi connectivity index (χ2n) is 7.76. The Labute approximate surface area is 152 Å². The molecule has 0 amide bonds. The van der Waals surface area contributed by atoms with Crippen LogP contribution in [0.1, 0.15) is 63.5 Å². The van der Waals surface area contributed by atoms with Gasteiger partial charge >= 0.3 is 0 Å². The molecule has 3 heteroatoms. The monoisotopic (exact) mass is 346 g/mol. The lowest BCUT2D eigenvalue weighted by molar-refractivity contribution is 0.0616. The molecule has 3 nitrogen and oxygen atoms in total. The van der Waals surface area contributed by atoms with Crippen LogP contribution >= 0.6 is 0 Å². The van der Waals surface area contributed by atoms with Gasteiger partial charge in [0.25, 0.3) is 0 Å². The van der Waals surface area contributed by atoms with E-state index in [0.29, 0.717) is 17.9 Å². The van der Waals surface area contributed by atoms with Gasteiger partial charge in [-0.15, -0.1) is 0 Å². The van der Waals surface area contributed by atoms with Crippen molar-refractivity contribution in [3.63, 3.8) is 0 Å². The lowest BCUT2D eigenvalue weighted by Gasteiger charge is -2.30. The van der Waals surface area contributed by atoms with Gasteiger partial charge in [0.1, 0.15) is 5.75 Å². The van der Waals surface area contributed by atoms with E-state index in [0.717, 1.165) is 57.5 Å². The van der Waals surface area contributed by atoms with Crippen molar-refractivity contribution in [2.75, 3.05) is 13.2 Å². The third kappa shape index (κ3) is 4.57. The van der Waals surface area contributed by atoms with Crippen molar-refractivity contribution < 1.29 is 14.6 Å². The fourth-order valence-corrected chi connectivity index (χ4v) is 4.58. The zero-order valence-electron chi connectivity index (χ0n) is 15.9. The number of aliphatic hydroxyl groups excluding tert-OH is 1. The summed E-state index contributed by atoms with van der Waals surface area (Å²) in [5, 5.41) is 10.2. The van der Waals surface area contributed by atoms with Gasteiger partial charge in [-0.2, -0.15) is 0 Å². The topological polar surface area (TPSA) is 38.7 Å². The molecule has 2 aliphatic rings. The number of rotatable bonds is 9. The maximum absolute atomic E-state index is 10.2. The van der Waals surface area contributed by atoms with E-state index < -0.39 is 0 Å². The van der Waals surface area contributed by atoms with Crippen molar-refractivity contribution in [1.82, 2.24) is 0 Å². The lowest BCUT2D eigenvalue weighted by atomic mass is 9.74. The van der Waals surface area contributed by atoms with Crippen LogP contribution in [0.3, 0.4) is 0 Å². The predicted molar refractivity (Wildman–Crippen MR) is 101 cm³/mol. The highest BCUT2D eigenvalue weighted by atomic mass is 16.5. The Hall–Kier alpha value is -1.06. The molecule has 25 heavy (non-hydrogen) atoms. The van der Waals surface area contributed by atoms with Crippen molar-refractivity contribution in [1.29, 1.82) is 0 Å². The molecule has 0 spiro atoms. The van der Waals surface area contributed by atoms with Gasteiger partial charge in [0.15, 0.2) is 0 Å². The molecule has 1 heterocycles. The van der Waals surface area contributed by atoms with Crippen LogP contribution in [0.2, 0.25) is 0 Å². The Kier molecular flexibility index (Phi) is 6.77. The Bertz CT molecular complexity index is 542. The first kappa shape index (κ1) is 18.7. The average molecular weight is 347 g/mol. The van der Waals surface area contributed by atoms with Crippen LogP contribution in [0.15, 0.2) is 18.2 Å². The molecule has 140 valence electrons. The highest BCUT2D eigenvalue weighted by Crippen LogP contribution is 2.42. The average Bonchev–Trinajstić information content (AvgIpc) is 3.01. The van der Waals surface area contributed by atoms with Crippen molar-refractivity contribution in [2.45, 2.75) is 77.4 Å². The number of hydrogen-bond donors (Lipinski definition) is 1. The maximum atomic E-state index is 10.2. The van der Waals surface area contributed by atoms with E-state index in [1.165, 1.54) is 24.0 Å². The maximum Gasteiger partial charge on any atom is 0.122 e. The molecular weight excluding hydrogens is 312 g/mol. The normalized spacial score (nSPS) is 26.1. The van der Waals surface area contributed by atoms with Crippen molar-refractivity contribution in [2.24, 2.45) is 11.8 Å². The predicted octanol–water partition coefficient (Wildman–Crippen LogP) is 4.54. The van der Waals surface area contributed by atoms with Crippen LogP contribution in [0, 0.1) is 11.8 Å². The van der Waals surface area contributed by atoms with Crippen LogP contribution < -0.4 is 4.74 Å². The van der Waals surface area contributed by atoms with E-state index in [9.17, 15) is 5.11 Å². The highest BCUT2D eigenvalue weighted by molar-refractivity contribution is 5.43. The van der Waals surface area contributed by atoms with Crippen LogP contribution in [0.25, 0.3) is 0 Å². The molecule has 1 aromatic rings. The molecular formula is C22H34O3. The third-order valence-electron chi connectivity index (χ3n) is 5.98. The molecule has 4 atom stereocenters. The Morgan fingerprint density at radius 1 is 1.20 bits per heavy atom. The third-order valence-corrected chi connectivity index (χ3v) is 5.98. The molecule has 1 aliphatic carbocycles. The molecule has 3 rings (SSSR count). The molecule has 0 bridgehead atoms. The molecule has 1 fully saturated rings. The highest BCUT2D eigenvalue weighted by Gasteiger charge is 2.40. The first-order chi connectivity index (χ1) is 12.2. The second kappa shape index (κ2) is 9.05. The van der Waals surface area contributed by atoms with E-state index in [4.69, 9.17) is 9.47 Å². The Balaban J connectivity index is 1.56. The summed E-state index contributed by atoms with van der Waals surface area (Å²) < 4.78 is 12.0. The standard InChI is InChI=1S/C22H34O3/c1-3-5-6-9-18(23)11-12-22-20-13-16-8-7-10-21(24-4-2)19(16)14-17(20)15-25-22/h7-8,10,17-18,20,22-23H,3-6,9,11-15H2,1-2H3. The summed E-state index contributed by atoms with van der Waals surface area (Å²) >= 11 is 0. The SMILES string of the molecule is CCCCCC(O)CCC1OCC2Cc3c(cccc3OCC)CC21. The first-order valence-corrected chi connectivity index (χ1v) is 10.3. The summed E-state index contributed by atoms with van der Waals surface area (Å²) in [6.07, 6.45) is 8.72. The fourth-order valence-electron chi connectivity index (χ4n) is 4.58. The number of benzene rings is 1. The molecule has 0 aromatic heterocycles. The fraction of sp³-hybridized carbons (Fsp3) is 0.727. The van der Waals surface area contributed by atoms with Crippen molar-refractivity contribution in [3.8, 4) is 5.75 Å². The molecule has 1 aromatic carbocycles. The van der Waals surface area contributed by atoms with Crippen LogP contribution in [-0.4, -0.2) is 30.5 Å². The van der Waals surface area contributed by atoms with Gasteiger partial charge in [-0.05, 0) is 68.1 Å². The zero-order chi connectivity index (χ0) is 17.6. The van der Waals surface area contributed by atoms with Gasteiger partial charge in [-0.1, -0.05) is 38.3 Å². The van der Waals surface area contributed by atoms with Gasteiger partial charge in [-0.3, -0.25) is 0 Å². The number of unbranched alkanes of at least 4 members (excludes halogenated alkanes) is 2. The summed E-state index contributed by atoms with van der Waals surface area (Å²) in [4.78, 5) is 0. The summed E-state index contributed by atoms with van der Waals surface area (Å²) in [5.41, 5.74) is 2.83. The van der Waals surface area contributed by atoms with Gasteiger partial charge in [-0.25, -0.2) is 0 Å². The Morgan fingerprint density at radius 3 is 2.88 bits per heavy atom. The van der Waals surface area contributed by atoms with E-state index in [1.807, 2.05) is 6.92 Å². The summed E-state index contributed by atoms with van der Waals surface area (Å²) in [6, 6.07) is 6.47. The minimum absolute atomic E-state index is 0.158. The van der Waals surface area contributed by atoms with Gasteiger partial charge in [0.05, 0.1) is 25.4 Å². The van der Waals surface area contributed by atoms with E-state index in [-0.39, 0.29) is 6.10 Å². The minimum atomic E-state index is -0.158. The van der Waals surface area contributed by atoms with E-state index >= 15 is 0 Å².